The smallest absolute Gasteiger partial charge is 0.0911 e. The summed E-state index contributed by atoms with van der Waals surface area (Å²) in [7, 11) is 0. The minimum Gasteiger partial charge on any atom is -0.239 e. The zero-order valence-electron chi connectivity index (χ0n) is 9.74. The molecule has 1 heterocycles. The SMILES string of the molecule is Cc1cc(C)cc(-n2cc(Br)c(CC#N)n2)c1. The van der Waals surface area contributed by atoms with Gasteiger partial charge in [0, 0.05) is 6.20 Å². The van der Waals surface area contributed by atoms with Gasteiger partial charge in [0.25, 0.3) is 0 Å². The molecule has 2 rings (SSSR count). The average molecular weight is 290 g/mol. The van der Waals surface area contributed by atoms with Crippen LogP contribution < -0.4 is 0 Å². The summed E-state index contributed by atoms with van der Waals surface area (Å²) < 4.78 is 2.68. The molecule has 0 radical (unpaired) electrons. The standard InChI is InChI=1S/C13H12BrN3/c1-9-5-10(2)7-11(6-9)17-8-12(14)13(16-17)3-4-15/h5-8H,3H2,1-2H3. The summed E-state index contributed by atoms with van der Waals surface area (Å²) >= 11 is 3.42. The molecule has 2 aromatic rings. The molecule has 0 aliphatic rings. The minimum absolute atomic E-state index is 0.318. The molecule has 3 nitrogen and oxygen atoms in total. The molecular weight excluding hydrogens is 278 g/mol. The highest BCUT2D eigenvalue weighted by Crippen LogP contribution is 2.19. The fraction of sp³-hybridized carbons (Fsp3) is 0.231. The highest BCUT2D eigenvalue weighted by molar-refractivity contribution is 9.10. The van der Waals surface area contributed by atoms with Crippen molar-refractivity contribution >= 4 is 15.9 Å². The summed E-state index contributed by atoms with van der Waals surface area (Å²) in [5.74, 6) is 0. The highest BCUT2D eigenvalue weighted by atomic mass is 79.9. The summed E-state index contributed by atoms with van der Waals surface area (Å²) in [5, 5.41) is 13.1. The Labute approximate surface area is 109 Å². The average Bonchev–Trinajstić information content (AvgIpc) is 2.60. The number of nitrogens with zero attached hydrogens (tertiary/aromatic N) is 3. The fourth-order valence-corrected chi connectivity index (χ4v) is 2.21. The molecule has 0 unspecified atom stereocenters. The van der Waals surface area contributed by atoms with Crippen molar-refractivity contribution < 1.29 is 0 Å². The maximum Gasteiger partial charge on any atom is 0.0911 e. The fourth-order valence-electron chi connectivity index (χ4n) is 1.80. The lowest BCUT2D eigenvalue weighted by molar-refractivity contribution is 0.851. The van der Waals surface area contributed by atoms with Crippen LogP contribution in [0.1, 0.15) is 16.8 Å². The van der Waals surface area contributed by atoms with Gasteiger partial charge in [0.2, 0.25) is 0 Å². The lowest BCUT2D eigenvalue weighted by Crippen LogP contribution is -1.97. The largest absolute Gasteiger partial charge is 0.239 e. The van der Waals surface area contributed by atoms with Gasteiger partial charge in [-0.1, -0.05) is 6.07 Å². The Morgan fingerprint density at radius 2 is 1.94 bits per heavy atom. The van der Waals surface area contributed by atoms with Gasteiger partial charge in [-0.05, 0) is 53.0 Å². The molecule has 0 saturated heterocycles. The molecule has 4 heteroatoms. The van der Waals surface area contributed by atoms with Gasteiger partial charge >= 0.3 is 0 Å². The molecular formula is C13H12BrN3. The van der Waals surface area contributed by atoms with Crippen LogP contribution in [0.3, 0.4) is 0 Å². The lowest BCUT2D eigenvalue weighted by atomic mass is 10.1. The third-order valence-electron chi connectivity index (χ3n) is 2.46. The highest BCUT2D eigenvalue weighted by Gasteiger charge is 2.07. The monoisotopic (exact) mass is 289 g/mol. The van der Waals surface area contributed by atoms with E-state index < -0.39 is 0 Å². The van der Waals surface area contributed by atoms with Crippen LogP contribution in [0.4, 0.5) is 0 Å². The van der Waals surface area contributed by atoms with Crippen molar-refractivity contribution in [2.75, 3.05) is 0 Å². The van der Waals surface area contributed by atoms with Crippen LogP contribution in [0.2, 0.25) is 0 Å². The van der Waals surface area contributed by atoms with Crippen molar-refractivity contribution in [2.24, 2.45) is 0 Å². The van der Waals surface area contributed by atoms with Gasteiger partial charge in [0.1, 0.15) is 0 Å². The molecule has 0 N–H and O–H groups in total. The maximum atomic E-state index is 8.69. The Morgan fingerprint density at radius 3 is 2.53 bits per heavy atom. The molecule has 0 spiro atoms. The molecule has 86 valence electrons. The Kier molecular flexibility index (Phi) is 3.30. The van der Waals surface area contributed by atoms with Gasteiger partial charge in [-0.2, -0.15) is 10.4 Å². The van der Waals surface area contributed by atoms with Crippen LogP contribution in [0.15, 0.2) is 28.9 Å². The first-order chi connectivity index (χ1) is 8.10. The van der Waals surface area contributed by atoms with Crippen LogP contribution in [0, 0.1) is 25.2 Å². The van der Waals surface area contributed by atoms with Gasteiger partial charge in [-0.3, -0.25) is 0 Å². The minimum atomic E-state index is 0.318. The van der Waals surface area contributed by atoms with E-state index in [0.717, 1.165) is 15.9 Å². The normalized spacial score (nSPS) is 10.2. The topological polar surface area (TPSA) is 41.6 Å². The van der Waals surface area contributed by atoms with E-state index in [2.05, 4.69) is 59.1 Å². The molecule has 1 aromatic heterocycles. The molecule has 17 heavy (non-hydrogen) atoms. The third kappa shape index (κ3) is 2.56. The number of halogens is 1. The summed E-state index contributed by atoms with van der Waals surface area (Å²) in [6.07, 6.45) is 2.21. The Balaban J connectivity index is 2.46. The Hall–Kier alpha value is -1.60. The third-order valence-corrected chi connectivity index (χ3v) is 3.12. The molecule has 0 amide bonds. The number of nitriles is 1. The number of benzene rings is 1. The number of hydrogen-bond donors (Lipinski definition) is 0. The number of aromatic nitrogens is 2. The van der Waals surface area contributed by atoms with Crippen LogP contribution in [0.5, 0.6) is 0 Å². The van der Waals surface area contributed by atoms with Gasteiger partial charge < -0.3 is 0 Å². The zero-order chi connectivity index (χ0) is 12.4. The maximum absolute atomic E-state index is 8.69. The lowest BCUT2D eigenvalue weighted by Gasteiger charge is -2.04. The van der Waals surface area contributed by atoms with E-state index in [1.807, 2.05) is 6.20 Å². The first-order valence-corrected chi connectivity index (χ1v) is 6.09. The van der Waals surface area contributed by atoms with Crippen molar-refractivity contribution in [3.05, 3.63) is 45.7 Å². The van der Waals surface area contributed by atoms with Crippen LogP contribution in [-0.4, -0.2) is 9.78 Å². The van der Waals surface area contributed by atoms with E-state index in [4.69, 9.17) is 5.26 Å². The van der Waals surface area contributed by atoms with E-state index in [0.29, 0.717) is 6.42 Å². The second-order valence-electron chi connectivity index (χ2n) is 4.05. The molecule has 0 aliphatic heterocycles. The first kappa shape index (κ1) is 11.9. The van der Waals surface area contributed by atoms with Crippen molar-refractivity contribution in [3.63, 3.8) is 0 Å². The van der Waals surface area contributed by atoms with E-state index >= 15 is 0 Å². The summed E-state index contributed by atoms with van der Waals surface area (Å²) in [6.45, 7) is 4.12. The van der Waals surface area contributed by atoms with Crippen molar-refractivity contribution in [3.8, 4) is 11.8 Å². The van der Waals surface area contributed by atoms with Gasteiger partial charge in [-0.15, -0.1) is 0 Å². The Morgan fingerprint density at radius 1 is 1.29 bits per heavy atom. The molecule has 0 aliphatic carbocycles. The second-order valence-corrected chi connectivity index (χ2v) is 4.90. The summed E-state index contributed by atoms with van der Waals surface area (Å²) in [4.78, 5) is 0. The van der Waals surface area contributed by atoms with E-state index in [1.165, 1.54) is 11.1 Å². The predicted molar refractivity (Wildman–Crippen MR) is 70.1 cm³/mol. The Bertz CT molecular complexity index is 573. The van der Waals surface area contributed by atoms with Crippen LogP contribution >= 0.6 is 15.9 Å². The van der Waals surface area contributed by atoms with Gasteiger partial charge in [-0.25, -0.2) is 4.68 Å². The van der Waals surface area contributed by atoms with Crippen LogP contribution in [-0.2, 0) is 6.42 Å². The summed E-state index contributed by atoms with van der Waals surface area (Å²) in [6, 6.07) is 8.37. The summed E-state index contributed by atoms with van der Waals surface area (Å²) in [5.41, 5.74) is 4.20. The van der Waals surface area contributed by atoms with E-state index in [9.17, 15) is 0 Å². The number of aryl methyl sites for hydroxylation is 2. The number of rotatable bonds is 2. The van der Waals surface area contributed by atoms with Crippen LogP contribution in [0.25, 0.3) is 5.69 Å². The number of hydrogen-bond acceptors (Lipinski definition) is 2. The van der Waals surface area contributed by atoms with Gasteiger partial charge in [0.15, 0.2) is 0 Å². The zero-order valence-corrected chi connectivity index (χ0v) is 11.3. The molecule has 1 aromatic carbocycles. The first-order valence-electron chi connectivity index (χ1n) is 5.30. The van der Waals surface area contributed by atoms with E-state index in [1.54, 1.807) is 4.68 Å². The van der Waals surface area contributed by atoms with Crippen molar-refractivity contribution in [1.29, 1.82) is 5.26 Å². The second kappa shape index (κ2) is 4.72. The molecule has 0 saturated carbocycles. The molecule has 0 bridgehead atoms. The molecule has 0 fully saturated rings. The molecule has 0 atom stereocenters. The van der Waals surface area contributed by atoms with Crippen molar-refractivity contribution in [1.82, 2.24) is 9.78 Å². The van der Waals surface area contributed by atoms with Crippen molar-refractivity contribution in [2.45, 2.75) is 20.3 Å². The predicted octanol–water partition coefficient (Wildman–Crippen LogP) is 3.32. The quantitative estimate of drug-likeness (QED) is 0.851. The van der Waals surface area contributed by atoms with E-state index in [-0.39, 0.29) is 0 Å². The van der Waals surface area contributed by atoms with Gasteiger partial charge in [0.05, 0.1) is 28.3 Å².